The molecule has 1 N–H and O–H groups in total. The smallest absolute Gasteiger partial charge is 0.0967 e. The predicted octanol–water partition coefficient (Wildman–Crippen LogP) is 1.63. The van der Waals surface area contributed by atoms with Crippen LogP contribution in [0.1, 0.15) is 33.1 Å². The van der Waals surface area contributed by atoms with Crippen LogP contribution in [-0.2, 0) is 4.74 Å². The molecule has 1 unspecified atom stereocenters. The molecule has 1 aliphatic carbocycles. The first-order valence-electron chi connectivity index (χ1n) is 7.02. The summed E-state index contributed by atoms with van der Waals surface area (Å²) in [5, 5.41) is 12.5. The number of hydrogen-bond acceptors (Lipinski definition) is 4. The highest BCUT2D eigenvalue weighted by atomic mass is 16.5. The van der Waals surface area contributed by atoms with Crippen LogP contribution in [0.5, 0.6) is 0 Å². The first kappa shape index (κ1) is 15.4. The monoisotopic (exact) mass is 253 g/mol. The Kier molecular flexibility index (Phi) is 7.26. The van der Waals surface area contributed by atoms with E-state index in [1.54, 1.807) is 7.11 Å². The summed E-state index contributed by atoms with van der Waals surface area (Å²) < 4.78 is 5.14. The molecule has 0 aromatic carbocycles. The zero-order valence-corrected chi connectivity index (χ0v) is 12.0. The van der Waals surface area contributed by atoms with Crippen LogP contribution >= 0.6 is 0 Å². The number of nitrogens with zero attached hydrogens (tertiary/aromatic N) is 2. The highest BCUT2D eigenvalue weighted by molar-refractivity contribution is 4.96. The minimum absolute atomic E-state index is 0.00899. The standard InChI is InChI=1S/C14H27N3O/c1-12(2)11-17(8-9-18-3)7-6-14(10-15)16-13-4-5-13/h12-14,16H,4-9,11H2,1-3H3. The average molecular weight is 253 g/mol. The minimum atomic E-state index is 0.00899. The van der Waals surface area contributed by atoms with Crippen molar-refractivity contribution in [3.63, 3.8) is 0 Å². The molecule has 1 fully saturated rings. The Hall–Kier alpha value is -0.630. The molecule has 1 saturated carbocycles. The zero-order valence-electron chi connectivity index (χ0n) is 12.0. The molecule has 1 atom stereocenters. The van der Waals surface area contributed by atoms with Crippen molar-refractivity contribution in [3.8, 4) is 6.07 Å². The highest BCUT2D eigenvalue weighted by Gasteiger charge is 2.24. The second-order valence-corrected chi connectivity index (χ2v) is 5.60. The van der Waals surface area contributed by atoms with Gasteiger partial charge in [0.25, 0.3) is 0 Å². The van der Waals surface area contributed by atoms with Gasteiger partial charge in [-0.2, -0.15) is 5.26 Å². The van der Waals surface area contributed by atoms with Crippen LogP contribution in [-0.4, -0.2) is 50.3 Å². The molecule has 0 aromatic heterocycles. The van der Waals surface area contributed by atoms with Crippen molar-refractivity contribution in [1.82, 2.24) is 10.2 Å². The van der Waals surface area contributed by atoms with E-state index in [-0.39, 0.29) is 6.04 Å². The molecule has 104 valence electrons. The van der Waals surface area contributed by atoms with Gasteiger partial charge in [-0.15, -0.1) is 0 Å². The van der Waals surface area contributed by atoms with Gasteiger partial charge in [0.05, 0.1) is 18.7 Å². The molecular weight excluding hydrogens is 226 g/mol. The van der Waals surface area contributed by atoms with E-state index in [1.165, 1.54) is 12.8 Å². The Balaban J connectivity index is 2.26. The van der Waals surface area contributed by atoms with Crippen LogP contribution in [0.4, 0.5) is 0 Å². The predicted molar refractivity (Wildman–Crippen MR) is 73.3 cm³/mol. The molecule has 0 spiro atoms. The van der Waals surface area contributed by atoms with Crippen molar-refractivity contribution in [2.75, 3.05) is 33.4 Å². The van der Waals surface area contributed by atoms with Crippen LogP contribution in [0.15, 0.2) is 0 Å². The fraction of sp³-hybridized carbons (Fsp3) is 0.929. The van der Waals surface area contributed by atoms with Crippen molar-refractivity contribution < 1.29 is 4.74 Å². The van der Waals surface area contributed by atoms with Crippen molar-refractivity contribution >= 4 is 0 Å². The van der Waals surface area contributed by atoms with Crippen molar-refractivity contribution in [2.45, 2.75) is 45.2 Å². The van der Waals surface area contributed by atoms with E-state index < -0.39 is 0 Å². The van der Waals surface area contributed by atoms with E-state index in [1.807, 2.05) is 0 Å². The van der Waals surface area contributed by atoms with Crippen molar-refractivity contribution in [2.24, 2.45) is 5.92 Å². The summed E-state index contributed by atoms with van der Waals surface area (Å²) in [6.45, 7) is 8.22. The first-order valence-corrected chi connectivity index (χ1v) is 7.02. The molecule has 1 aliphatic rings. The van der Waals surface area contributed by atoms with Crippen LogP contribution in [0, 0.1) is 17.2 Å². The minimum Gasteiger partial charge on any atom is -0.383 e. The van der Waals surface area contributed by atoms with Gasteiger partial charge in [-0.05, 0) is 25.2 Å². The summed E-state index contributed by atoms with van der Waals surface area (Å²) in [5.41, 5.74) is 0. The lowest BCUT2D eigenvalue weighted by atomic mass is 10.1. The number of nitriles is 1. The summed E-state index contributed by atoms with van der Waals surface area (Å²) in [4.78, 5) is 2.40. The third-order valence-corrected chi connectivity index (χ3v) is 3.14. The SMILES string of the molecule is COCCN(CCC(C#N)NC1CC1)CC(C)C. The Morgan fingerprint density at radius 2 is 2.11 bits per heavy atom. The number of nitrogens with one attached hydrogen (secondary N) is 1. The largest absolute Gasteiger partial charge is 0.383 e. The van der Waals surface area contributed by atoms with Gasteiger partial charge in [0.15, 0.2) is 0 Å². The maximum atomic E-state index is 9.12. The van der Waals surface area contributed by atoms with E-state index in [0.29, 0.717) is 12.0 Å². The van der Waals surface area contributed by atoms with Gasteiger partial charge in [-0.25, -0.2) is 0 Å². The van der Waals surface area contributed by atoms with Crippen LogP contribution in [0.2, 0.25) is 0 Å². The van der Waals surface area contributed by atoms with Gasteiger partial charge in [-0.3, -0.25) is 5.32 Å². The zero-order chi connectivity index (χ0) is 13.4. The van der Waals surface area contributed by atoms with Crippen LogP contribution in [0.25, 0.3) is 0 Å². The third kappa shape index (κ3) is 6.95. The molecule has 0 saturated heterocycles. The number of ether oxygens (including phenoxy) is 1. The molecule has 4 nitrogen and oxygen atoms in total. The summed E-state index contributed by atoms with van der Waals surface area (Å²) in [7, 11) is 1.74. The lowest BCUT2D eigenvalue weighted by Gasteiger charge is -2.25. The second kappa shape index (κ2) is 8.47. The average Bonchev–Trinajstić information content (AvgIpc) is 3.14. The fourth-order valence-corrected chi connectivity index (χ4v) is 2.06. The highest BCUT2D eigenvalue weighted by Crippen LogP contribution is 2.19. The first-order chi connectivity index (χ1) is 8.65. The Morgan fingerprint density at radius 3 is 2.61 bits per heavy atom. The molecule has 4 heteroatoms. The molecular formula is C14H27N3O. The molecule has 18 heavy (non-hydrogen) atoms. The molecule has 1 rings (SSSR count). The van der Waals surface area contributed by atoms with E-state index in [0.717, 1.165) is 32.7 Å². The van der Waals surface area contributed by atoms with Gasteiger partial charge < -0.3 is 9.64 Å². The molecule has 0 radical (unpaired) electrons. The van der Waals surface area contributed by atoms with E-state index in [9.17, 15) is 0 Å². The Labute approximate surface area is 111 Å². The van der Waals surface area contributed by atoms with Crippen molar-refractivity contribution in [1.29, 1.82) is 5.26 Å². The van der Waals surface area contributed by atoms with Gasteiger partial charge in [-0.1, -0.05) is 13.8 Å². The van der Waals surface area contributed by atoms with Crippen LogP contribution in [0.3, 0.4) is 0 Å². The normalized spacial score (nSPS) is 17.1. The number of methoxy groups -OCH3 is 1. The quantitative estimate of drug-likeness (QED) is 0.643. The van der Waals surface area contributed by atoms with E-state index in [2.05, 4.69) is 30.1 Å². The summed E-state index contributed by atoms with van der Waals surface area (Å²) in [6, 6.07) is 2.98. The topological polar surface area (TPSA) is 48.3 Å². The Bertz CT molecular complexity index is 258. The molecule has 0 heterocycles. The molecule has 0 amide bonds. The second-order valence-electron chi connectivity index (χ2n) is 5.60. The van der Waals surface area contributed by atoms with Crippen molar-refractivity contribution in [3.05, 3.63) is 0 Å². The van der Waals surface area contributed by atoms with E-state index in [4.69, 9.17) is 10.00 Å². The van der Waals surface area contributed by atoms with Gasteiger partial charge in [0, 0.05) is 32.8 Å². The molecule has 0 bridgehead atoms. The summed E-state index contributed by atoms with van der Waals surface area (Å²) >= 11 is 0. The maximum absolute atomic E-state index is 9.12. The maximum Gasteiger partial charge on any atom is 0.0967 e. The Morgan fingerprint density at radius 1 is 1.39 bits per heavy atom. The number of hydrogen-bond donors (Lipinski definition) is 1. The lowest BCUT2D eigenvalue weighted by Crippen LogP contribution is -2.37. The summed E-state index contributed by atoms with van der Waals surface area (Å²) in [6.07, 6.45) is 3.37. The lowest BCUT2D eigenvalue weighted by molar-refractivity contribution is 0.138. The molecule has 0 aliphatic heterocycles. The van der Waals surface area contributed by atoms with Gasteiger partial charge >= 0.3 is 0 Å². The summed E-state index contributed by atoms with van der Waals surface area (Å²) in [5.74, 6) is 0.652. The molecule has 0 aromatic rings. The third-order valence-electron chi connectivity index (χ3n) is 3.14. The number of rotatable bonds is 10. The fourth-order valence-electron chi connectivity index (χ4n) is 2.06. The van der Waals surface area contributed by atoms with E-state index >= 15 is 0 Å². The van der Waals surface area contributed by atoms with Crippen LogP contribution < -0.4 is 5.32 Å². The van der Waals surface area contributed by atoms with Gasteiger partial charge in [0.2, 0.25) is 0 Å². The van der Waals surface area contributed by atoms with Gasteiger partial charge in [0.1, 0.15) is 0 Å².